The molecule has 0 aliphatic rings. The number of nitrogens with one attached hydrogen (secondary N) is 1. The zero-order chi connectivity index (χ0) is 13.8. The maximum atomic E-state index is 4.03. The van der Waals surface area contributed by atoms with Crippen molar-refractivity contribution in [3.05, 3.63) is 72.8 Å². The fraction of sp³-hybridized carbons (Fsp3) is 0.111. The number of hydrogen-bond donors (Lipinski definition) is 1. The Kier molecular flexibility index (Phi) is 3.86. The van der Waals surface area contributed by atoms with Gasteiger partial charge in [-0.1, -0.05) is 49.6 Å². The molecular weight excluding hydrogens is 230 g/mol. The summed E-state index contributed by atoms with van der Waals surface area (Å²) in [6.07, 6.45) is 0. The molecule has 0 aromatic heterocycles. The maximum absolute atomic E-state index is 4.03. The third-order valence-electron chi connectivity index (χ3n) is 3.04. The topological polar surface area (TPSA) is 12.0 Å². The summed E-state index contributed by atoms with van der Waals surface area (Å²) < 4.78 is 0. The van der Waals surface area contributed by atoms with Crippen LogP contribution in [0.1, 0.15) is 25.0 Å². The van der Waals surface area contributed by atoms with Crippen molar-refractivity contribution < 1.29 is 0 Å². The van der Waals surface area contributed by atoms with E-state index in [0.29, 0.717) is 0 Å². The predicted octanol–water partition coefficient (Wildman–Crippen LogP) is 5.50. The second kappa shape index (κ2) is 5.57. The van der Waals surface area contributed by atoms with Crippen LogP contribution in [0.2, 0.25) is 0 Å². The molecule has 19 heavy (non-hydrogen) atoms. The lowest BCUT2D eigenvalue weighted by molar-refractivity contribution is 1.47. The molecule has 0 fully saturated rings. The molecule has 0 atom stereocenters. The van der Waals surface area contributed by atoms with E-state index < -0.39 is 0 Å². The van der Waals surface area contributed by atoms with Crippen molar-refractivity contribution in [1.29, 1.82) is 0 Å². The van der Waals surface area contributed by atoms with Gasteiger partial charge in [0.1, 0.15) is 0 Å². The predicted molar refractivity (Wildman–Crippen MR) is 85.6 cm³/mol. The van der Waals surface area contributed by atoms with E-state index in [4.69, 9.17) is 0 Å². The highest BCUT2D eigenvalue weighted by atomic mass is 14.9. The Morgan fingerprint density at radius 3 is 1.47 bits per heavy atom. The van der Waals surface area contributed by atoms with Crippen LogP contribution < -0.4 is 5.32 Å². The van der Waals surface area contributed by atoms with Crippen LogP contribution in [0.25, 0.3) is 11.1 Å². The van der Waals surface area contributed by atoms with Crippen molar-refractivity contribution in [3.63, 3.8) is 0 Å². The maximum Gasteiger partial charge on any atom is 0.0460 e. The smallest absolute Gasteiger partial charge is 0.0460 e. The number of rotatable bonds is 4. The van der Waals surface area contributed by atoms with E-state index in [9.17, 15) is 0 Å². The van der Waals surface area contributed by atoms with E-state index in [1.807, 2.05) is 38.1 Å². The standard InChI is InChI=1S/C18H19N/c1-13(2)15-9-5-7-11-17(15)19-18-12-8-6-10-16(18)14(3)4/h5-12,19H,1,3H2,2,4H3. The molecule has 0 bridgehead atoms. The molecule has 0 amide bonds. The zero-order valence-electron chi connectivity index (χ0n) is 11.5. The summed E-state index contributed by atoms with van der Waals surface area (Å²) in [6.45, 7) is 12.1. The molecule has 1 N–H and O–H groups in total. The summed E-state index contributed by atoms with van der Waals surface area (Å²) in [5.41, 5.74) is 6.53. The summed E-state index contributed by atoms with van der Waals surface area (Å²) in [5, 5.41) is 3.48. The van der Waals surface area contributed by atoms with Crippen LogP contribution in [-0.2, 0) is 0 Å². The van der Waals surface area contributed by atoms with Crippen LogP contribution in [0.4, 0.5) is 11.4 Å². The summed E-state index contributed by atoms with van der Waals surface area (Å²) in [7, 11) is 0. The summed E-state index contributed by atoms with van der Waals surface area (Å²) in [4.78, 5) is 0. The van der Waals surface area contributed by atoms with Gasteiger partial charge in [-0.15, -0.1) is 0 Å². The van der Waals surface area contributed by atoms with Crippen molar-refractivity contribution in [2.75, 3.05) is 5.32 Å². The molecule has 2 aromatic rings. The average molecular weight is 249 g/mol. The van der Waals surface area contributed by atoms with Crippen LogP contribution in [-0.4, -0.2) is 0 Å². The summed E-state index contributed by atoms with van der Waals surface area (Å²) >= 11 is 0. The van der Waals surface area contributed by atoms with Crippen molar-refractivity contribution in [2.45, 2.75) is 13.8 Å². The van der Waals surface area contributed by atoms with Crippen LogP contribution in [0.3, 0.4) is 0 Å². The lowest BCUT2D eigenvalue weighted by Gasteiger charge is -2.15. The minimum Gasteiger partial charge on any atom is -0.355 e. The van der Waals surface area contributed by atoms with E-state index in [-0.39, 0.29) is 0 Å². The average Bonchev–Trinajstić information content (AvgIpc) is 2.39. The molecular formula is C18H19N. The van der Waals surface area contributed by atoms with E-state index >= 15 is 0 Å². The Bertz CT molecular complexity index is 568. The van der Waals surface area contributed by atoms with Crippen LogP contribution in [0, 0.1) is 0 Å². The lowest BCUT2D eigenvalue weighted by Crippen LogP contribution is -1.97. The Balaban J connectivity index is 2.42. The molecule has 2 aromatic carbocycles. The first kappa shape index (κ1) is 13.2. The van der Waals surface area contributed by atoms with Gasteiger partial charge in [0.15, 0.2) is 0 Å². The number of allylic oxidation sites excluding steroid dienone is 2. The van der Waals surface area contributed by atoms with Gasteiger partial charge >= 0.3 is 0 Å². The second-order valence-corrected chi connectivity index (χ2v) is 4.78. The third-order valence-corrected chi connectivity index (χ3v) is 3.04. The lowest BCUT2D eigenvalue weighted by atomic mass is 10.0. The largest absolute Gasteiger partial charge is 0.355 e. The first-order valence-corrected chi connectivity index (χ1v) is 6.36. The van der Waals surface area contributed by atoms with Gasteiger partial charge in [-0.05, 0) is 37.1 Å². The highest BCUT2D eigenvalue weighted by molar-refractivity contribution is 5.82. The molecule has 0 spiro atoms. The highest BCUT2D eigenvalue weighted by Gasteiger charge is 2.06. The molecule has 0 heterocycles. The van der Waals surface area contributed by atoms with Crippen LogP contribution in [0.15, 0.2) is 61.7 Å². The summed E-state index contributed by atoms with van der Waals surface area (Å²) in [5.74, 6) is 0. The molecule has 2 rings (SSSR count). The Morgan fingerprint density at radius 2 is 1.11 bits per heavy atom. The molecule has 96 valence electrons. The molecule has 0 unspecified atom stereocenters. The van der Waals surface area contributed by atoms with Gasteiger partial charge in [-0.3, -0.25) is 0 Å². The third kappa shape index (κ3) is 2.94. The van der Waals surface area contributed by atoms with Crippen LogP contribution >= 0.6 is 0 Å². The van der Waals surface area contributed by atoms with Crippen molar-refractivity contribution >= 4 is 22.5 Å². The molecule has 1 nitrogen and oxygen atoms in total. The van der Waals surface area contributed by atoms with Gasteiger partial charge in [0.2, 0.25) is 0 Å². The van der Waals surface area contributed by atoms with Crippen molar-refractivity contribution in [2.24, 2.45) is 0 Å². The molecule has 0 saturated carbocycles. The molecule has 0 radical (unpaired) electrons. The van der Waals surface area contributed by atoms with Gasteiger partial charge in [-0.2, -0.15) is 0 Å². The minimum absolute atomic E-state index is 1.05. The molecule has 0 aliphatic carbocycles. The van der Waals surface area contributed by atoms with Crippen molar-refractivity contribution in [3.8, 4) is 0 Å². The molecule has 0 aliphatic heterocycles. The minimum atomic E-state index is 1.05. The summed E-state index contributed by atoms with van der Waals surface area (Å²) in [6, 6.07) is 16.4. The Hall–Kier alpha value is -2.28. The second-order valence-electron chi connectivity index (χ2n) is 4.78. The van der Waals surface area contributed by atoms with Crippen molar-refractivity contribution in [1.82, 2.24) is 0 Å². The van der Waals surface area contributed by atoms with Gasteiger partial charge in [0.05, 0.1) is 0 Å². The van der Waals surface area contributed by atoms with E-state index in [2.05, 4.69) is 42.7 Å². The zero-order valence-corrected chi connectivity index (χ0v) is 11.5. The number of para-hydroxylation sites is 2. The number of hydrogen-bond acceptors (Lipinski definition) is 1. The van der Waals surface area contributed by atoms with Gasteiger partial charge in [-0.25, -0.2) is 0 Å². The fourth-order valence-electron chi connectivity index (χ4n) is 2.07. The first-order valence-electron chi connectivity index (χ1n) is 6.36. The Labute approximate surface area is 115 Å². The van der Waals surface area contributed by atoms with Crippen LogP contribution in [0.5, 0.6) is 0 Å². The van der Waals surface area contributed by atoms with Gasteiger partial charge in [0, 0.05) is 22.5 Å². The van der Waals surface area contributed by atoms with E-state index in [1.54, 1.807) is 0 Å². The van der Waals surface area contributed by atoms with E-state index in [1.165, 1.54) is 0 Å². The van der Waals surface area contributed by atoms with Gasteiger partial charge in [0.25, 0.3) is 0 Å². The highest BCUT2D eigenvalue weighted by Crippen LogP contribution is 2.29. The Morgan fingerprint density at radius 1 is 0.737 bits per heavy atom. The number of benzene rings is 2. The monoisotopic (exact) mass is 249 g/mol. The molecule has 1 heteroatoms. The SMILES string of the molecule is C=C(C)c1ccccc1Nc1ccccc1C(=C)C. The first-order chi connectivity index (χ1) is 9.09. The fourth-order valence-corrected chi connectivity index (χ4v) is 2.07. The quantitative estimate of drug-likeness (QED) is 0.754. The van der Waals surface area contributed by atoms with Gasteiger partial charge < -0.3 is 5.32 Å². The van der Waals surface area contributed by atoms with E-state index in [0.717, 1.165) is 33.6 Å². The molecule has 0 saturated heterocycles. The normalized spacial score (nSPS) is 10.0. The number of anilines is 2.